The summed E-state index contributed by atoms with van der Waals surface area (Å²) in [5.41, 5.74) is 3.41. The van der Waals surface area contributed by atoms with E-state index in [4.69, 9.17) is 0 Å². The number of halogens is 1. The van der Waals surface area contributed by atoms with Gasteiger partial charge in [0, 0.05) is 35.2 Å². The molecule has 2 bridgehead atoms. The van der Waals surface area contributed by atoms with Crippen molar-refractivity contribution in [2.75, 3.05) is 6.54 Å². The van der Waals surface area contributed by atoms with E-state index < -0.39 is 0 Å². The van der Waals surface area contributed by atoms with E-state index in [-0.39, 0.29) is 5.91 Å². The van der Waals surface area contributed by atoms with Gasteiger partial charge in [0.1, 0.15) is 0 Å². The van der Waals surface area contributed by atoms with Crippen LogP contribution in [-0.2, 0) is 7.05 Å². The number of rotatable bonds is 3. The minimum Gasteiger partial charge on any atom is -0.351 e. The summed E-state index contributed by atoms with van der Waals surface area (Å²) in [5, 5.41) is 4.34. The standard InChI is InChI=1S/C20H25BrN2O/c1-13-9-15(21)10-17-18(13)16(11-23(17)2)19(24)22-12-20-6-3-14(4-7-20)5-8-20/h9-11,14H,3-8,12H2,1-2H3,(H,22,24). The summed E-state index contributed by atoms with van der Waals surface area (Å²) in [6.07, 6.45) is 9.92. The highest BCUT2D eigenvalue weighted by atomic mass is 79.9. The molecule has 0 saturated heterocycles. The average molecular weight is 389 g/mol. The maximum atomic E-state index is 12.9. The fourth-order valence-electron chi connectivity index (χ4n) is 4.82. The molecule has 0 atom stereocenters. The average Bonchev–Trinajstić information content (AvgIpc) is 2.92. The molecule has 5 rings (SSSR count). The lowest BCUT2D eigenvalue weighted by atomic mass is 9.61. The van der Waals surface area contributed by atoms with E-state index in [0.29, 0.717) is 5.41 Å². The van der Waals surface area contributed by atoms with E-state index in [0.717, 1.165) is 39.0 Å². The van der Waals surface area contributed by atoms with E-state index in [1.165, 1.54) is 38.5 Å². The van der Waals surface area contributed by atoms with Crippen LogP contribution in [0.15, 0.2) is 22.8 Å². The second-order valence-electron chi connectivity index (χ2n) is 7.94. The molecule has 1 aromatic carbocycles. The lowest BCUT2D eigenvalue weighted by molar-refractivity contribution is 0.0598. The molecule has 24 heavy (non-hydrogen) atoms. The van der Waals surface area contributed by atoms with Crippen LogP contribution in [0.3, 0.4) is 0 Å². The first-order valence-corrected chi connectivity index (χ1v) is 9.80. The highest BCUT2D eigenvalue weighted by Gasteiger charge is 2.40. The molecule has 0 unspecified atom stereocenters. The maximum absolute atomic E-state index is 12.9. The third kappa shape index (κ3) is 2.69. The first kappa shape index (κ1) is 16.2. The Morgan fingerprint density at radius 1 is 1.29 bits per heavy atom. The van der Waals surface area contributed by atoms with Crippen LogP contribution in [0.2, 0.25) is 0 Å². The Morgan fingerprint density at radius 3 is 2.62 bits per heavy atom. The smallest absolute Gasteiger partial charge is 0.253 e. The van der Waals surface area contributed by atoms with E-state index in [2.05, 4.69) is 40.3 Å². The van der Waals surface area contributed by atoms with Crippen molar-refractivity contribution in [2.24, 2.45) is 18.4 Å². The topological polar surface area (TPSA) is 34.0 Å². The summed E-state index contributed by atoms with van der Waals surface area (Å²) in [5.74, 6) is 1.04. The van der Waals surface area contributed by atoms with Crippen LogP contribution in [0, 0.1) is 18.3 Å². The van der Waals surface area contributed by atoms with Gasteiger partial charge in [-0.05, 0) is 74.5 Å². The molecule has 3 saturated carbocycles. The molecule has 4 heteroatoms. The lowest BCUT2D eigenvalue weighted by Crippen LogP contribution is -2.43. The van der Waals surface area contributed by atoms with Crippen LogP contribution in [0.25, 0.3) is 10.9 Å². The summed E-state index contributed by atoms with van der Waals surface area (Å²) in [4.78, 5) is 12.9. The normalized spacial score (nSPS) is 26.0. The Balaban J connectivity index is 1.58. The van der Waals surface area contributed by atoms with Crippen LogP contribution >= 0.6 is 15.9 Å². The molecule has 128 valence electrons. The minimum atomic E-state index is 0.0769. The molecular weight excluding hydrogens is 364 g/mol. The van der Waals surface area contributed by atoms with Crippen LogP contribution in [-0.4, -0.2) is 17.0 Å². The number of aromatic nitrogens is 1. The third-order valence-corrected chi connectivity index (χ3v) is 6.83. The van der Waals surface area contributed by atoms with Crippen LogP contribution in [0.1, 0.15) is 54.4 Å². The van der Waals surface area contributed by atoms with Gasteiger partial charge in [0.15, 0.2) is 0 Å². The third-order valence-electron chi connectivity index (χ3n) is 6.37. The fourth-order valence-corrected chi connectivity index (χ4v) is 5.38. The number of aryl methyl sites for hydroxylation is 2. The number of nitrogens with one attached hydrogen (secondary N) is 1. The largest absolute Gasteiger partial charge is 0.351 e. The van der Waals surface area contributed by atoms with Gasteiger partial charge in [-0.2, -0.15) is 0 Å². The van der Waals surface area contributed by atoms with Gasteiger partial charge in [0.25, 0.3) is 5.91 Å². The predicted molar refractivity (Wildman–Crippen MR) is 101 cm³/mol. The first-order valence-electron chi connectivity index (χ1n) is 9.01. The SMILES string of the molecule is Cc1cc(Br)cc2c1c(C(=O)NCC13CCC(CC1)CC3)cn2C. The Hall–Kier alpha value is -1.29. The number of carbonyl (C=O) groups excluding carboxylic acids is 1. The number of benzene rings is 1. The molecule has 0 spiro atoms. The Labute approximate surface area is 151 Å². The minimum absolute atomic E-state index is 0.0769. The van der Waals surface area contributed by atoms with Crippen molar-refractivity contribution in [1.82, 2.24) is 9.88 Å². The molecule has 1 aromatic heterocycles. The fraction of sp³-hybridized carbons (Fsp3) is 0.550. The van der Waals surface area contributed by atoms with Crippen molar-refractivity contribution in [1.29, 1.82) is 0 Å². The van der Waals surface area contributed by atoms with Gasteiger partial charge in [-0.3, -0.25) is 4.79 Å². The second kappa shape index (κ2) is 5.91. The summed E-state index contributed by atoms with van der Waals surface area (Å²) in [6.45, 7) is 2.91. The molecule has 2 aromatic rings. The van der Waals surface area contributed by atoms with E-state index >= 15 is 0 Å². The summed E-state index contributed by atoms with van der Waals surface area (Å²) in [6, 6.07) is 4.17. The Bertz CT molecular complexity index is 786. The van der Waals surface area contributed by atoms with Gasteiger partial charge < -0.3 is 9.88 Å². The number of carbonyl (C=O) groups is 1. The zero-order valence-electron chi connectivity index (χ0n) is 14.5. The van der Waals surface area contributed by atoms with Crippen molar-refractivity contribution in [3.05, 3.63) is 33.9 Å². The summed E-state index contributed by atoms with van der Waals surface area (Å²) < 4.78 is 3.10. The summed E-state index contributed by atoms with van der Waals surface area (Å²) in [7, 11) is 2.01. The number of fused-ring (bicyclic) bond motifs is 4. The Morgan fingerprint density at radius 2 is 1.96 bits per heavy atom. The van der Waals surface area contributed by atoms with Crippen molar-refractivity contribution < 1.29 is 4.79 Å². The van der Waals surface area contributed by atoms with Crippen LogP contribution < -0.4 is 5.32 Å². The van der Waals surface area contributed by atoms with Crippen LogP contribution in [0.4, 0.5) is 0 Å². The van der Waals surface area contributed by atoms with Gasteiger partial charge in [0.05, 0.1) is 5.56 Å². The predicted octanol–water partition coefficient (Wildman–Crippen LogP) is 4.95. The van der Waals surface area contributed by atoms with Crippen molar-refractivity contribution >= 4 is 32.7 Å². The van der Waals surface area contributed by atoms with E-state index in [9.17, 15) is 4.79 Å². The molecular formula is C20H25BrN2O. The molecule has 0 aliphatic heterocycles. The Kier molecular flexibility index (Phi) is 3.98. The number of nitrogens with zero attached hydrogens (tertiary/aromatic N) is 1. The van der Waals surface area contributed by atoms with Crippen molar-refractivity contribution in [3.8, 4) is 0 Å². The monoisotopic (exact) mass is 388 g/mol. The number of hydrogen-bond donors (Lipinski definition) is 1. The number of hydrogen-bond acceptors (Lipinski definition) is 1. The highest BCUT2D eigenvalue weighted by Crippen LogP contribution is 2.49. The zero-order valence-corrected chi connectivity index (χ0v) is 16.1. The van der Waals surface area contributed by atoms with Gasteiger partial charge in [-0.1, -0.05) is 15.9 Å². The van der Waals surface area contributed by atoms with Gasteiger partial charge in [-0.25, -0.2) is 0 Å². The molecule has 1 amide bonds. The maximum Gasteiger partial charge on any atom is 0.253 e. The molecule has 1 heterocycles. The van der Waals surface area contributed by atoms with Gasteiger partial charge >= 0.3 is 0 Å². The van der Waals surface area contributed by atoms with E-state index in [1.807, 2.05) is 17.8 Å². The molecule has 3 nitrogen and oxygen atoms in total. The highest BCUT2D eigenvalue weighted by molar-refractivity contribution is 9.10. The molecule has 0 radical (unpaired) electrons. The van der Waals surface area contributed by atoms with Crippen LogP contribution in [0.5, 0.6) is 0 Å². The van der Waals surface area contributed by atoms with Crippen molar-refractivity contribution in [3.63, 3.8) is 0 Å². The van der Waals surface area contributed by atoms with E-state index in [1.54, 1.807) is 0 Å². The van der Waals surface area contributed by atoms with Crippen molar-refractivity contribution in [2.45, 2.75) is 45.4 Å². The first-order chi connectivity index (χ1) is 11.5. The molecule has 3 fully saturated rings. The quantitative estimate of drug-likeness (QED) is 0.792. The number of amides is 1. The zero-order chi connectivity index (χ0) is 16.9. The molecule has 3 aliphatic rings. The molecule has 1 N–H and O–H groups in total. The lowest BCUT2D eigenvalue weighted by Gasteiger charge is -2.46. The second-order valence-corrected chi connectivity index (χ2v) is 8.85. The molecule has 3 aliphatic carbocycles. The van der Waals surface area contributed by atoms with Gasteiger partial charge in [-0.15, -0.1) is 0 Å². The summed E-state index contributed by atoms with van der Waals surface area (Å²) >= 11 is 3.55. The van der Waals surface area contributed by atoms with Gasteiger partial charge in [0.2, 0.25) is 0 Å².